The van der Waals surface area contributed by atoms with E-state index in [9.17, 15) is 28.9 Å². The maximum Gasteiger partial charge on any atom is 0.472 e. The van der Waals surface area contributed by atoms with Crippen LogP contribution < -0.4 is 0 Å². The monoisotopic (exact) mass is 1010 g/mol. The third-order valence-corrected chi connectivity index (χ3v) is 13.2. The van der Waals surface area contributed by atoms with E-state index in [0.717, 1.165) is 96.3 Å². The molecule has 70 heavy (non-hydrogen) atoms. The summed E-state index contributed by atoms with van der Waals surface area (Å²) in [5.74, 6) is -1.47. The Kier molecular flexibility index (Phi) is 50.8. The molecule has 0 spiro atoms. The SMILES string of the molecule is CC/C=C\C/C=C\C/C=C\CCCCCCCCCC(=O)OCC(COP(=O)(O)OCC(CO)OC(=O)CCCCCCCCCCC)OC(=O)CCCCCCCCC/C=C\CCCCCCCC. The number of rotatable bonds is 53. The minimum atomic E-state index is -4.74. The van der Waals surface area contributed by atoms with Crippen LogP contribution in [0.15, 0.2) is 48.6 Å². The highest BCUT2D eigenvalue weighted by Crippen LogP contribution is 2.43. The quantitative estimate of drug-likeness (QED) is 0.0197. The Hall–Kier alpha value is -2.56. The zero-order valence-corrected chi connectivity index (χ0v) is 45.9. The first-order chi connectivity index (χ1) is 34.2. The molecule has 0 aliphatic rings. The van der Waals surface area contributed by atoms with E-state index in [1.807, 2.05) is 0 Å². The normalized spacial score (nSPS) is 13.7. The first kappa shape index (κ1) is 67.4. The molecule has 3 atom stereocenters. The van der Waals surface area contributed by atoms with Crippen molar-refractivity contribution in [1.82, 2.24) is 0 Å². The summed E-state index contributed by atoms with van der Waals surface area (Å²) in [6, 6.07) is 0. The molecule has 0 heterocycles. The van der Waals surface area contributed by atoms with Gasteiger partial charge in [0.25, 0.3) is 0 Å². The fourth-order valence-corrected chi connectivity index (χ4v) is 8.68. The van der Waals surface area contributed by atoms with Crippen molar-refractivity contribution in [1.29, 1.82) is 0 Å². The minimum absolute atomic E-state index is 0.162. The molecule has 12 heteroatoms. The average molecular weight is 1010 g/mol. The number of aliphatic hydroxyl groups excluding tert-OH is 1. The van der Waals surface area contributed by atoms with Crippen molar-refractivity contribution in [2.24, 2.45) is 0 Å². The number of unbranched alkanes of at least 4 members (excludes halogenated alkanes) is 28. The van der Waals surface area contributed by atoms with Crippen LogP contribution in [0.4, 0.5) is 0 Å². The molecule has 0 fully saturated rings. The lowest BCUT2D eigenvalue weighted by atomic mass is 10.1. The highest BCUT2D eigenvalue weighted by Gasteiger charge is 2.28. The van der Waals surface area contributed by atoms with Gasteiger partial charge in [0.1, 0.15) is 12.7 Å². The number of carbonyl (C=O) groups is 3. The van der Waals surface area contributed by atoms with Gasteiger partial charge in [0, 0.05) is 19.3 Å². The molecular weight excluding hydrogens is 904 g/mol. The molecule has 0 aromatic carbocycles. The Morgan fingerprint density at radius 1 is 0.414 bits per heavy atom. The van der Waals surface area contributed by atoms with Gasteiger partial charge < -0.3 is 24.2 Å². The molecule has 0 bridgehead atoms. The van der Waals surface area contributed by atoms with Crippen LogP contribution in [0, 0.1) is 0 Å². The minimum Gasteiger partial charge on any atom is -0.462 e. The van der Waals surface area contributed by atoms with Crippen LogP contribution in [0.1, 0.15) is 265 Å². The second-order valence-electron chi connectivity index (χ2n) is 19.1. The molecule has 0 aromatic heterocycles. The van der Waals surface area contributed by atoms with Crippen molar-refractivity contribution in [3.63, 3.8) is 0 Å². The Labute approximate surface area is 428 Å². The summed E-state index contributed by atoms with van der Waals surface area (Å²) in [6.45, 7) is 4.51. The Bertz CT molecular complexity index is 1360. The number of phosphoric ester groups is 1. The number of hydrogen-bond donors (Lipinski definition) is 2. The van der Waals surface area contributed by atoms with Crippen molar-refractivity contribution in [2.45, 2.75) is 277 Å². The standard InChI is InChI=1S/C58H105O11P/c1-4-7-10-13-16-19-21-23-25-27-29-31-33-36-38-41-44-47-56(60)65-51-55(69-58(62)49-46-43-40-37-34-32-30-28-26-24-22-20-17-14-11-8-5-2)53-67-70(63,64)66-52-54(50-59)68-57(61)48-45-42-39-35-18-15-12-9-6-3/h7,10,16,19,23-26,54-55,59H,4-6,8-9,11-15,17-18,20-22,27-53H2,1-3H3,(H,63,64)/b10-7-,19-16-,25-23-,26-24-. The second kappa shape index (κ2) is 52.8. The lowest BCUT2D eigenvalue weighted by molar-refractivity contribution is -0.161. The van der Waals surface area contributed by atoms with Crippen LogP contribution in [0.3, 0.4) is 0 Å². The van der Waals surface area contributed by atoms with Gasteiger partial charge in [-0.15, -0.1) is 0 Å². The molecule has 0 rings (SSSR count). The van der Waals surface area contributed by atoms with Crippen LogP contribution in [0.25, 0.3) is 0 Å². The van der Waals surface area contributed by atoms with E-state index in [2.05, 4.69) is 69.4 Å². The predicted molar refractivity (Wildman–Crippen MR) is 289 cm³/mol. The first-order valence-electron chi connectivity index (χ1n) is 28.5. The predicted octanol–water partition coefficient (Wildman–Crippen LogP) is 16.6. The molecule has 0 amide bonds. The van der Waals surface area contributed by atoms with Crippen LogP contribution in [0.2, 0.25) is 0 Å². The highest BCUT2D eigenvalue weighted by molar-refractivity contribution is 7.47. The summed E-state index contributed by atoms with van der Waals surface area (Å²) in [6.07, 6.45) is 55.1. The summed E-state index contributed by atoms with van der Waals surface area (Å²) < 4.78 is 39.4. The van der Waals surface area contributed by atoms with Crippen LogP contribution in [-0.4, -0.2) is 66.5 Å². The topological polar surface area (TPSA) is 155 Å². The summed E-state index contributed by atoms with van der Waals surface area (Å²) in [7, 11) is -4.74. The molecule has 0 saturated carbocycles. The van der Waals surface area contributed by atoms with Gasteiger partial charge in [0.2, 0.25) is 0 Å². The van der Waals surface area contributed by atoms with Gasteiger partial charge >= 0.3 is 25.7 Å². The fraction of sp³-hybridized carbons (Fsp3) is 0.810. The van der Waals surface area contributed by atoms with Crippen LogP contribution in [0.5, 0.6) is 0 Å². The van der Waals surface area contributed by atoms with Gasteiger partial charge in [0.15, 0.2) is 6.10 Å². The largest absolute Gasteiger partial charge is 0.472 e. The average Bonchev–Trinajstić information content (AvgIpc) is 3.35. The number of aliphatic hydroxyl groups is 1. The summed E-state index contributed by atoms with van der Waals surface area (Å²) in [5, 5.41) is 9.77. The number of ether oxygens (including phenoxy) is 3. The molecule has 0 aliphatic carbocycles. The van der Waals surface area contributed by atoms with Crippen molar-refractivity contribution < 1.29 is 52.2 Å². The number of esters is 3. The van der Waals surface area contributed by atoms with E-state index in [1.165, 1.54) is 109 Å². The van der Waals surface area contributed by atoms with Crippen LogP contribution >= 0.6 is 7.82 Å². The smallest absolute Gasteiger partial charge is 0.462 e. The second-order valence-corrected chi connectivity index (χ2v) is 20.5. The fourth-order valence-electron chi connectivity index (χ4n) is 7.90. The summed E-state index contributed by atoms with van der Waals surface area (Å²) in [4.78, 5) is 48.4. The molecule has 0 radical (unpaired) electrons. The molecule has 3 unspecified atom stereocenters. The number of hydrogen-bond acceptors (Lipinski definition) is 10. The molecule has 0 saturated heterocycles. The summed E-state index contributed by atoms with van der Waals surface area (Å²) >= 11 is 0. The maximum absolute atomic E-state index is 12.9. The molecule has 408 valence electrons. The van der Waals surface area contributed by atoms with Crippen molar-refractivity contribution in [3.05, 3.63) is 48.6 Å². The zero-order valence-electron chi connectivity index (χ0n) is 45.0. The van der Waals surface area contributed by atoms with Crippen molar-refractivity contribution >= 4 is 25.7 Å². The van der Waals surface area contributed by atoms with Gasteiger partial charge in [-0.25, -0.2) is 4.57 Å². The lowest BCUT2D eigenvalue weighted by Crippen LogP contribution is -2.30. The van der Waals surface area contributed by atoms with E-state index in [4.69, 9.17) is 23.3 Å². The first-order valence-corrected chi connectivity index (χ1v) is 30.0. The zero-order chi connectivity index (χ0) is 51.3. The number of phosphoric acid groups is 1. The van der Waals surface area contributed by atoms with Crippen molar-refractivity contribution in [2.75, 3.05) is 26.4 Å². The van der Waals surface area contributed by atoms with E-state index < -0.39 is 57.8 Å². The Morgan fingerprint density at radius 2 is 0.743 bits per heavy atom. The molecular formula is C58H105O11P. The Balaban J connectivity index is 4.72. The van der Waals surface area contributed by atoms with Gasteiger partial charge in [-0.1, -0.05) is 217 Å². The van der Waals surface area contributed by atoms with Gasteiger partial charge in [-0.05, 0) is 77.0 Å². The highest BCUT2D eigenvalue weighted by atomic mass is 31.2. The molecule has 0 aromatic rings. The lowest BCUT2D eigenvalue weighted by Gasteiger charge is -2.21. The van der Waals surface area contributed by atoms with E-state index in [1.54, 1.807) is 0 Å². The van der Waals surface area contributed by atoms with Gasteiger partial charge in [0.05, 0.1) is 19.8 Å². The molecule has 11 nitrogen and oxygen atoms in total. The number of carbonyl (C=O) groups excluding carboxylic acids is 3. The summed E-state index contributed by atoms with van der Waals surface area (Å²) in [5.41, 5.74) is 0. The number of allylic oxidation sites excluding steroid dienone is 8. The van der Waals surface area contributed by atoms with Gasteiger partial charge in [-0.2, -0.15) is 0 Å². The van der Waals surface area contributed by atoms with Gasteiger partial charge in [-0.3, -0.25) is 23.4 Å². The molecule has 2 N–H and O–H groups in total. The maximum atomic E-state index is 12.9. The van der Waals surface area contributed by atoms with Crippen molar-refractivity contribution in [3.8, 4) is 0 Å². The third-order valence-electron chi connectivity index (χ3n) is 12.2. The third kappa shape index (κ3) is 50.4. The van der Waals surface area contributed by atoms with E-state index in [0.29, 0.717) is 19.3 Å². The molecule has 0 aliphatic heterocycles. The van der Waals surface area contributed by atoms with E-state index in [-0.39, 0.29) is 25.9 Å². The van der Waals surface area contributed by atoms with E-state index >= 15 is 0 Å². The Morgan fingerprint density at radius 3 is 1.16 bits per heavy atom. The van der Waals surface area contributed by atoms with Crippen LogP contribution in [-0.2, 0) is 42.2 Å².